The van der Waals surface area contributed by atoms with Crippen LogP contribution in [0.2, 0.25) is 0 Å². The number of hydroxylamine groups is 2. The van der Waals surface area contributed by atoms with Crippen LogP contribution in [0.5, 0.6) is 0 Å². The maximum absolute atomic E-state index is 11.8. The number of thiophene rings is 1. The molecule has 0 atom stereocenters. The Morgan fingerprint density at radius 2 is 1.20 bits per heavy atom. The lowest BCUT2D eigenvalue weighted by Gasteiger charge is -2.32. The predicted octanol–water partition coefficient (Wildman–Crippen LogP) is 12.2. The standard InChI is InChI=1S/C46H63N3O4S/c1-13-14-15-16-17-33-30-40(54-41(33)45(9,10)31-32(2)42(50)51)46(11,12)34-18-20-35(21-19-34)47(36-22-26-38(27-23-36)48(52)43(3,4)5)37-24-28-39(29-25-37)49(53)44(6,7)8/h18-31,52-53H,13-17H2,1-12H3,(H,50,51)/p+1/b32-31+. The first-order valence-electron chi connectivity index (χ1n) is 19.3. The van der Waals surface area contributed by atoms with Gasteiger partial charge in [-0.1, -0.05) is 72.1 Å². The van der Waals surface area contributed by atoms with Crippen LogP contribution in [0.3, 0.4) is 0 Å². The van der Waals surface area contributed by atoms with Gasteiger partial charge in [0.2, 0.25) is 0 Å². The first-order chi connectivity index (χ1) is 25.1. The van der Waals surface area contributed by atoms with Crippen molar-refractivity contribution in [1.29, 1.82) is 0 Å². The van der Waals surface area contributed by atoms with E-state index >= 15 is 0 Å². The Hall–Kier alpha value is -4.11. The minimum atomic E-state index is -0.880. The molecule has 4 aromatic rings. The van der Waals surface area contributed by atoms with E-state index in [1.54, 1.807) is 6.92 Å². The Kier molecular flexibility index (Phi) is 13.2. The molecule has 0 aliphatic rings. The lowest BCUT2D eigenvalue weighted by Crippen LogP contribution is -2.38. The van der Waals surface area contributed by atoms with E-state index < -0.39 is 16.9 Å². The van der Waals surface area contributed by atoms with Gasteiger partial charge in [-0.2, -0.15) is 0 Å². The van der Waals surface area contributed by atoms with Gasteiger partial charge in [0.25, 0.3) is 0 Å². The van der Waals surface area contributed by atoms with Crippen molar-refractivity contribution in [3.63, 3.8) is 0 Å². The number of aliphatic carboxylic acids is 1. The molecule has 54 heavy (non-hydrogen) atoms. The Balaban J connectivity index is 1.76. The van der Waals surface area contributed by atoms with E-state index in [1.807, 2.05) is 95.4 Å². The number of hydrogen-bond donors (Lipinski definition) is 2. The van der Waals surface area contributed by atoms with Gasteiger partial charge < -0.3 is 15.2 Å². The summed E-state index contributed by atoms with van der Waals surface area (Å²) in [5.74, 6) is -0.880. The van der Waals surface area contributed by atoms with Crippen LogP contribution in [0.4, 0.5) is 28.4 Å². The zero-order chi connectivity index (χ0) is 40.2. The minimum absolute atomic E-state index is 0.294. The molecule has 0 radical (unpaired) electrons. The minimum Gasteiger partial charge on any atom is -0.478 e. The number of carboxylic acid groups (broad SMARTS) is 1. The number of nitrogens with zero attached hydrogens (tertiary/aromatic N) is 3. The third kappa shape index (κ3) is 9.95. The fourth-order valence-corrected chi connectivity index (χ4v) is 8.17. The van der Waals surface area contributed by atoms with E-state index in [1.165, 1.54) is 50.3 Å². The van der Waals surface area contributed by atoms with E-state index in [-0.39, 0.29) is 11.0 Å². The number of rotatable bonds is 15. The zero-order valence-corrected chi connectivity index (χ0v) is 35.5. The molecule has 4 N–H and O–H groups in total. The second-order valence-electron chi connectivity index (χ2n) is 17.7. The Labute approximate surface area is 328 Å². The molecule has 1 aromatic heterocycles. The van der Waals surface area contributed by atoms with Gasteiger partial charge >= 0.3 is 5.97 Å². The van der Waals surface area contributed by atoms with Crippen molar-refractivity contribution >= 4 is 45.7 Å². The average molecular weight is 755 g/mol. The molecule has 0 saturated carbocycles. The van der Waals surface area contributed by atoms with Crippen LogP contribution < -0.4 is 15.0 Å². The van der Waals surface area contributed by atoms with Crippen molar-refractivity contribution in [3.8, 4) is 0 Å². The summed E-state index contributed by atoms with van der Waals surface area (Å²) >= 11 is 1.81. The molecule has 0 amide bonds. The highest BCUT2D eigenvalue weighted by Gasteiger charge is 2.32. The SMILES string of the molecule is CCCCCCc1cc(C(C)(C)c2ccc(N(c3ccc(N(O)C(C)(C)C)cc3)c3ccc(N([OH2+])C(C)(C)C)cc3)cc2)sc1C(C)(C)/C=C(\C)C(=O)O. The van der Waals surface area contributed by atoms with Crippen LogP contribution in [0.1, 0.15) is 130 Å². The van der Waals surface area contributed by atoms with Crippen molar-refractivity contribution in [2.75, 3.05) is 15.0 Å². The third-order valence-corrected chi connectivity index (χ3v) is 11.9. The van der Waals surface area contributed by atoms with E-state index in [9.17, 15) is 15.1 Å². The lowest BCUT2D eigenvalue weighted by molar-refractivity contribution is -0.132. The highest BCUT2D eigenvalue weighted by Crippen LogP contribution is 2.45. The summed E-state index contributed by atoms with van der Waals surface area (Å²) in [6.45, 7) is 24.7. The fourth-order valence-electron chi connectivity index (χ4n) is 6.76. The molecule has 0 bridgehead atoms. The molecule has 0 aliphatic carbocycles. The number of hydrogen-bond acceptors (Lipinski definition) is 6. The smallest absolute Gasteiger partial charge is 0.330 e. The van der Waals surface area contributed by atoms with Crippen molar-refractivity contribution in [2.24, 2.45) is 0 Å². The number of carboxylic acids is 1. The van der Waals surface area contributed by atoms with Crippen molar-refractivity contribution < 1.29 is 20.3 Å². The first-order valence-corrected chi connectivity index (χ1v) is 20.1. The van der Waals surface area contributed by atoms with Gasteiger partial charge in [0.1, 0.15) is 5.69 Å². The van der Waals surface area contributed by atoms with Gasteiger partial charge in [-0.3, -0.25) is 10.3 Å². The van der Waals surface area contributed by atoms with Crippen LogP contribution in [-0.4, -0.2) is 32.6 Å². The summed E-state index contributed by atoms with van der Waals surface area (Å²) in [5, 5.41) is 32.0. The summed E-state index contributed by atoms with van der Waals surface area (Å²) in [6.07, 6.45) is 7.59. The van der Waals surface area contributed by atoms with Crippen LogP contribution in [0.25, 0.3) is 0 Å². The molecule has 0 aliphatic heterocycles. The Morgan fingerprint density at radius 1 is 0.722 bits per heavy atom. The highest BCUT2D eigenvalue weighted by molar-refractivity contribution is 7.12. The molecule has 3 aromatic carbocycles. The molecule has 7 nitrogen and oxygen atoms in total. The number of benzene rings is 3. The average Bonchev–Trinajstić information content (AvgIpc) is 3.56. The maximum Gasteiger partial charge on any atom is 0.330 e. The summed E-state index contributed by atoms with van der Waals surface area (Å²) in [7, 11) is 0. The zero-order valence-electron chi connectivity index (χ0n) is 34.7. The van der Waals surface area contributed by atoms with Gasteiger partial charge in [0, 0.05) is 43.2 Å². The number of anilines is 5. The summed E-state index contributed by atoms with van der Waals surface area (Å²) in [5.41, 5.74) is 5.80. The largest absolute Gasteiger partial charge is 0.478 e. The fraction of sp³-hybridized carbons (Fsp3) is 0.457. The lowest BCUT2D eigenvalue weighted by atomic mass is 9.81. The Morgan fingerprint density at radius 3 is 1.67 bits per heavy atom. The quantitative estimate of drug-likeness (QED) is 0.0543. The van der Waals surface area contributed by atoms with Gasteiger partial charge in [-0.05, 0) is 139 Å². The van der Waals surface area contributed by atoms with E-state index in [4.69, 9.17) is 5.21 Å². The molecule has 4 rings (SSSR count). The van der Waals surface area contributed by atoms with Crippen molar-refractivity contribution in [1.82, 2.24) is 0 Å². The van der Waals surface area contributed by atoms with E-state index in [0.29, 0.717) is 11.3 Å². The Bertz CT molecular complexity index is 1810. The van der Waals surface area contributed by atoms with Gasteiger partial charge in [-0.15, -0.1) is 16.4 Å². The molecule has 0 saturated heterocycles. The molecular formula is C46H64N3O4S+. The second-order valence-corrected chi connectivity index (χ2v) is 18.7. The monoisotopic (exact) mass is 754 g/mol. The molecule has 292 valence electrons. The summed E-state index contributed by atoms with van der Waals surface area (Å²) in [4.78, 5) is 16.5. The van der Waals surface area contributed by atoms with E-state index in [0.717, 1.165) is 35.6 Å². The number of aryl methyl sites for hydroxylation is 1. The van der Waals surface area contributed by atoms with Gasteiger partial charge in [-0.25, -0.2) is 4.79 Å². The predicted molar refractivity (Wildman–Crippen MR) is 230 cm³/mol. The highest BCUT2D eigenvalue weighted by atomic mass is 32.1. The molecule has 0 fully saturated rings. The van der Waals surface area contributed by atoms with Crippen molar-refractivity contribution in [3.05, 3.63) is 111 Å². The van der Waals surface area contributed by atoms with Crippen LogP contribution in [-0.2, 0) is 22.0 Å². The first kappa shape index (κ1) is 42.6. The topological polar surface area (TPSA) is 90.2 Å². The summed E-state index contributed by atoms with van der Waals surface area (Å²) < 4.78 is 0. The van der Waals surface area contributed by atoms with Crippen molar-refractivity contribution in [2.45, 2.75) is 137 Å². The summed E-state index contributed by atoms with van der Waals surface area (Å²) in [6, 6.07) is 27.2. The van der Waals surface area contributed by atoms with Gasteiger partial charge in [0.05, 0.1) is 16.8 Å². The molecule has 8 heteroatoms. The number of unbranched alkanes of at least 4 members (excludes halogenated alkanes) is 3. The van der Waals surface area contributed by atoms with Gasteiger partial charge in [0.15, 0.2) is 0 Å². The second kappa shape index (κ2) is 16.7. The molecule has 0 unspecified atom stereocenters. The number of carbonyl (C=O) groups is 1. The van der Waals surface area contributed by atoms with Crippen LogP contribution in [0, 0.1) is 0 Å². The van der Waals surface area contributed by atoms with Crippen LogP contribution >= 0.6 is 11.3 Å². The van der Waals surface area contributed by atoms with E-state index in [2.05, 4.69) is 82.0 Å². The number of allylic oxidation sites excluding steroid dienone is 1. The van der Waals surface area contributed by atoms with Crippen LogP contribution in [0.15, 0.2) is 90.5 Å². The molecule has 1 heterocycles. The molecule has 0 spiro atoms. The molecular weight excluding hydrogens is 691 g/mol. The third-order valence-electron chi connectivity index (χ3n) is 10.1. The normalized spacial score (nSPS) is 12.9. The maximum atomic E-state index is 11.8.